The normalized spacial score (nSPS) is 23.4. The highest BCUT2D eigenvalue weighted by atomic mass is 16.5. The SMILES string of the molecule is C=C1[C@H](n2ccc(NC(=O)c3ccco3)nc2=O)O[C@H](CO)[C@H]1O. The molecule has 3 heterocycles. The van der Waals surface area contributed by atoms with Crippen LogP contribution in [0.1, 0.15) is 16.8 Å². The summed E-state index contributed by atoms with van der Waals surface area (Å²) in [5, 5.41) is 21.4. The lowest BCUT2D eigenvalue weighted by Gasteiger charge is -2.15. The highest BCUT2D eigenvalue weighted by molar-refractivity contribution is 6.01. The van der Waals surface area contributed by atoms with E-state index in [-0.39, 0.29) is 17.2 Å². The molecule has 0 aromatic carbocycles. The Kier molecular flexibility index (Phi) is 4.30. The Morgan fingerprint density at radius 1 is 1.46 bits per heavy atom. The van der Waals surface area contributed by atoms with Gasteiger partial charge in [-0.3, -0.25) is 9.36 Å². The highest BCUT2D eigenvalue weighted by Crippen LogP contribution is 2.31. The van der Waals surface area contributed by atoms with Crippen molar-refractivity contribution >= 4 is 11.7 Å². The molecular weight excluding hydrogens is 318 g/mol. The van der Waals surface area contributed by atoms with Gasteiger partial charge < -0.3 is 24.7 Å². The molecule has 2 aromatic rings. The van der Waals surface area contributed by atoms with Crippen LogP contribution in [0.5, 0.6) is 0 Å². The van der Waals surface area contributed by atoms with Crippen LogP contribution >= 0.6 is 0 Å². The van der Waals surface area contributed by atoms with Gasteiger partial charge in [0.2, 0.25) is 0 Å². The molecule has 1 fully saturated rings. The van der Waals surface area contributed by atoms with Crippen molar-refractivity contribution in [3.8, 4) is 0 Å². The minimum absolute atomic E-state index is 0.0421. The van der Waals surface area contributed by atoms with E-state index in [1.165, 1.54) is 24.6 Å². The van der Waals surface area contributed by atoms with Crippen LogP contribution in [0.4, 0.5) is 5.82 Å². The Morgan fingerprint density at radius 2 is 2.25 bits per heavy atom. The Balaban J connectivity index is 1.79. The summed E-state index contributed by atoms with van der Waals surface area (Å²) >= 11 is 0. The first-order valence-electron chi connectivity index (χ1n) is 7.08. The zero-order chi connectivity index (χ0) is 17.3. The predicted molar refractivity (Wildman–Crippen MR) is 81.3 cm³/mol. The average molecular weight is 333 g/mol. The van der Waals surface area contributed by atoms with Crippen molar-refractivity contribution in [2.45, 2.75) is 18.4 Å². The monoisotopic (exact) mass is 333 g/mol. The van der Waals surface area contributed by atoms with Gasteiger partial charge in [-0.2, -0.15) is 4.98 Å². The first-order valence-corrected chi connectivity index (χ1v) is 7.08. The summed E-state index contributed by atoms with van der Waals surface area (Å²) in [6.07, 6.45) is -0.160. The Hall–Kier alpha value is -2.75. The minimum atomic E-state index is -1.08. The number of aliphatic hydroxyl groups excluding tert-OH is 2. The van der Waals surface area contributed by atoms with Gasteiger partial charge in [0.05, 0.1) is 12.9 Å². The van der Waals surface area contributed by atoms with E-state index in [4.69, 9.17) is 14.3 Å². The van der Waals surface area contributed by atoms with Gasteiger partial charge in [-0.25, -0.2) is 4.79 Å². The number of aliphatic hydroxyl groups is 2. The number of nitrogens with one attached hydrogen (secondary N) is 1. The van der Waals surface area contributed by atoms with E-state index >= 15 is 0 Å². The van der Waals surface area contributed by atoms with Crippen molar-refractivity contribution in [3.63, 3.8) is 0 Å². The largest absolute Gasteiger partial charge is 0.459 e. The lowest BCUT2D eigenvalue weighted by molar-refractivity contribution is -0.0447. The molecular formula is C15H15N3O6. The molecule has 0 radical (unpaired) electrons. The third-order valence-corrected chi connectivity index (χ3v) is 3.60. The van der Waals surface area contributed by atoms with Crippen molar-refractivity contribution < 1.29 is 24.2 Å². The second kappa shape index (κ2) is 6.40. The fraction of sp³-hybridized carbons (Fsp3) is 0.267. The van der Waals surface area contributed by atoms with E-state index in [1.807, 2.05) is 0 Å². The number of furan rings is 1. The molecule has 0 bridgehead atoms. The van der Waals surface area contributed by atoms with Crippen LogP contribution in [0, 0.1) is 0 Å². The molecule has 3 rings (SSSR count). The number of rotatable bonds is 4. The Morgan fingerprint density at radius 3 is 2.83 bits per heavy atom. The molecule has 0 spiro atoms. The fourth-order valence-electron chi connectivity index (χ4n) is 2.35. The van der Waals surface area contributed by atoms with Crippen LogP contribution in [0.2, 0.25) is 0 Å². The van der Waals surface area contributed by atoms with Crippen molar-refractivity contribution in [2.24, 2.45) is 0 Å². The van der Waals surface area contributed by atoms with E-state index < -0.39 is 36.6 Å². The molecule has 24 heavy (non-hydrogen) atoms. The Bertz CT molecular complexity index is 813. The van der Waals surface area contributed by atoms with Crippen LogP contribution in [-0.2, 0) is 4.74 Å². The summed E-state index contributed by atoms with van der Waals surface area (Å²) in [6.45, 7) is 3.27. The first kappa shape index (κ1) is 16.1. The molecule has 126 valence electrons. The maximum atomic E-state index is 12.2. The van der Waals surface area contributed by atoms with Crippen molar-refractivity contribution in [3.05, 3.63) is 59.1 Å². The smallest absolute Gasteiger partial charge is 0.351 e. The van der Waals surface area contributed by atoms with Crippen LogP contribution in [0.15, 0.2) is 52.0 Å². The zero-order valence-electron chi connectivity index (χ0n) is 12.5. The van der Waals surface area contributed by atoms with Crippen LogP contribution in [0.3, 0.4) is 0 Å². The summed E-state index contributed by atoms with van der Waals surface area (Å²) < 4.78 is 11.5. The maximum absolute atomic E-state index is 12.2. The second-order valence-corrected chi connectivity index (χ2v) is 5.16. The van der Waals surface area contributed by atoms with Gasteiger partial charge >= 0.3 is 5.69 Å². The molecule has 1 aliphatic heterocycles. The average Bonchev–Trinajstić information content (AvgIpc) is 3.18. The molecule has 1 aliphatic rings. The topological polar surface area (TPSA) is 127 Å². The number of carbonyl (C=O) groups excluding carboxylic acids is 1. The summed E-state index contributed by atoms with van der Waals surface area (Å²) in [7, 11) is 0. The number of amides is 1. The van der Waals surface area contributed by atoms with E-state index in [0.29, 0.717) is 0 Å². The summed E-state index contributed by atoms with van der Waals surface area (Å²) in [6, 6.07) is 4.44. The number of hydrogen-bond acceptors (Lipinski definition) is 7. The molecule has 3 N–H and O–H groups in total. The third kappa shape index (κ3) is 2.87. The van der Waals surface area contributed by atoms with Crippen LogP contribution < -0.4 is 11.0 Å². The second-order valence-electron chi connectivity index (χ2n) is 5.16. The minimum Gasteiger partial charge on any atom is -0.459 e. The van der Waals surface area contributed by atoms with Gasteiger partial charge in [-0.1, -0.05) is 6.58 Å². The molecule has 1 saturated heterocycles. The lowest BCUT2D eigenvalue weighted by Crippen LogP contribution is -2.29. The molecule has 3 atom stereocenters. The Labute approximate surface area is 135 Å². The van der Waals surface area contributed by atoms with Gasteiger partial charge in [0.1, 0.15) is 18.0 Å². The molecule has 0 aliphatic carbocycles. The van der Waals surface area contributed by atoms with E-state index in [0.717, 1.165) is 4.57 Å². The summed E-state index contributed by atoms with van der Waals surface area (Å²) in [4.78, 5) is 27.8. The van der Waals surface area contributed by atoms with Gasteiger partial charge in [-0.05, 0) is 18.2 Å². The standard InChI is InChI=1S/C15H15N3O6/c1-8-12(20)10(7-19)24-14(8)18-5-4-11(17-15(18)22)16-13(21)9-3-2-6-23-9/h2-6,10,12,14,19-20H,1,7H2,(H,16,17,21,22)/t10-,12+,14-/m1/s1. The van der Waals surface area contributed by atoms with Crippen molar-refractivity contribution in [1.29, 1.82) is 0 Å². The third-order valence-electron chi connectivity index (χ3n) is 3.60. The summed E-state index contributed by atoms with van der Waals surface area (Å²) in [5.74, 6) is -0.412. The number of carbonyl (C=O) groups is 1. The molecule has 2 aromatic heterocycles. The summed E-state index contributed by atoms with van der Waals surface area (Å²) in [5.41, 5.74) is -0.463. The molecule has 0 saturated carbocycles. The van der Waals surface area contributed by atoms with E-state index in [9.17, 15) is 14.7 Å². The molecule has 9 heteroatoms. The van der Waals surface area contributed by atoms with Gasteiger partial charge in [0.25, 0.3) is 5.91 Å². The highest BCUT2D eigenvalue weighted by Gasteiger charge is 2.38. The van der Waals surface area contributed by atoms with Gasteiger partial charge in [-0.15, -0.1) is 0 Å². The van der Waals surface area contributed by atoms with Crippen LogP contribution in [0.25, 0.3) is 0 Å². The maximum Gasteiger partial charge on any atom is 0.351 e. The molecule has 0 unspecified atom stereocenters. The number of hydrogen-bond donors (Lipinski definition) is 3. The van der Waals surface area contributed by atoms with Gasteiger partial charge in [0, 0.05) is 11.8 Å². The van der Waals surface area contributed by atoms with E-state index in [1.54, 1.807) is 6.07 Å². The number of nitrogens with zero attached hydrogens (tertiary/aromatic N) is 2. The predicted octanol–water partition coefficient (Wildman–Crippen LogP) is -0.105. The number of ether oxygens (including phenoxy) is 1. The quantitative estimate of drug-likeness (QED) is 0.667. The van der Waals surface area contributed by atoms with E-state index in [2.05, 4.69) is 16.9 Å². The van der Waals surface area contributed by atoms with Crippen molar-refractivity contribution in [2.75, 3.05) is 11.9 Å². The lowest BCUT2D eigenvalue weighted by atomic mass is 10.1. The molecule has 1 amide bonds. The number of aromatic nitrogens is 2. The zero-order valence-corrected chi connectivity index (χ0v) is 12.5. The van der Waals surface area contributed by atoms with Gasteiger partial charge in [0.15, 0.2) is 12.0 Å². The fourth-order valence-corrected chi connectivity index (χ4v) is 2.35. The van der Waals surface area contributed by atoms with Crippen LogP contribution in [-0.4, -0.2) is 44.5 Å². The van der Waals surface area contributed by atoms with Crippen molar-refractivity contribution in [1.82, 2.24) is 9.55 Å². The number of anilines is 1. The molecule has 9 nitrogen and oxygen atoms in total. The first-order chi connectivity index (χ1) is 11.5.